The number of fused-ring (bicyclic) bond motifs is 2. The molecule has 0 saturated carbocycles. The van der Waals surface area contributed by atoms with E-state index in [2.05, 4.69) is 86.7 Å². The van der Waals surface area contributed by atoms with Crippen LogP contribution in [0.1, 0.15) is 51.7 Å². The molecule has 2 aromatic carbocycles. The van der Waals surface area contributed by atoms with Gasteiger partial charge in [0.1, 0.15) is 5.76 Å². The van der Waals surface area contributed by atoms with Crippen molar-refractivity contribution in [2.24, 2.45) is 0 Å². The van der Waals surface area contributed by atoms with Gasteiger partial charge in [0.15, 0.2) is 12.3 Å². The van der Waals surface area contributed by atoms with Crippen molar-refractivity contribution in [3.8, 4) is 0 Å². The maximum atomic E-state index is 13.5. The number of aliphatic hydroxyl groups excluding tert-OH is 1. The zero-order valence-electron chi connectivity index (χ0n) is 23.3. The average molecular weight is 586 g/mol. The van der Waals surface area contributed by atoms with E-state index in [1.54, 1.807) is 0 Å². The summed E-state index contributed by atoms with van der Waals surface area (Å²) >= 11 is 0. The highest BCUT2D eigenvalue weighted by Gasteiger charge is 2.47. The lowest BCUT2D eigenvalue weighted by molar-refractivity contribution is -0.436. The molecule has 0 fully saturated rings. The summed E-state index contributed by atoms with van der Waals surface area (Å²) in [7, 11) is 0. The Morgan fingerprint density at radius 1 is 0.897 bits per heavy atom. The molecule has 0 radical (unpaired) electrons. The number of aliphatic hydroxyl groups is 1. The molecule has 5 heteroatoms. The van der Waals surface area contributed by atoms with E-state index in [-0.39, 0.29) is 39.4 Å². The van der Waals surface area contributed by atoms with Crippen LogP contribution in [0.25, 0.3) is 0 Å². The summed E-state index contributed by atoms with van der Waals surface area (Å²) in [6, 6.07) is 16.7. The average Bonchev–Trinajstić information content (AvgIpc) is 3.26. The molecule has 202 valence electrons. The van der Waals surface area contributed by atoms with E-state index >= 15 is 0 Å². The Kier molecular flexibility index (Phi) is 7.77. The standard InChI is InChI=1S/C34H36N2O2.BrH/c1-7-9-19-35-27-17-13-11-15-25(27)33(3,4)29(35)21-23-31(37)24(32(23)38)22-30-34(5,6)26-16-12-14-18-28(26)36(30)20-10-8-2;/h7-8,11-18,21-22H,1-2,9-10,19-20H2,3-6H3;1H. The maximum Gasteiger partial charge on any atom is 0.209 e. The summed E-state index contributed by atoms with van der Waals surface area (Å²) in [5.41, 5.74) is 6.93. The maximum absolute atomic E-state index is 13.5. The number of Topliss-reactive ketones (excluding diaryl/α,β-unsaturated/α-hetero) is 1. The lowest BCUT2D eigenvalue weighted by Gasteiger charge is -2.29. The number of para-hydroxylation sites is 2. The molecule has 3 aliphatic rings. The number of rotatable bonds is 8. The first-order valence-electron chi connectivity index (χ1n) is 13.4. The smallest absolute Gasteiger partial charge is 0.209 e. The van der Waals surface area contributed by atoms with Crippen LogP contribution in [0, 0.1) is 0 Å². The Hall–Kier alpha value is -3.44. The number of halogens is 1. The van der Waals surface area contributed by atoms with Gasteiger partial charge < -0.3 is 27.0 Å². The van der Waals surface area contributed by atoms with E-state index in [4.69, 9.17) is 0 Å². The number of ketones is 1. The molecule has 0 bridgehead atoms. The fourth-order valence-electron chi connectivity index (χ4n) is 6.11. The highest BCUT2D eigenvalue weighted by atomic mass is 79.9. The Morgan fingerprint density at radius 2 is 1.54 bits per heavy atom. The van der Waals surface area contributed by atoms with Crippen LogP contribution >= 0.6 is 0 Å². The van der Waals surface area contributed by atoms with Gasteiger partial charge in [0.25, 0.3) is 0 Å². The van der Waals surface area contributed by atoms with Crippen molar-refractivity contribution in [2.75, 3.05) is 18.0 Å². The van der Waals surface area contributed by atoms with Crippen LogP contribution in [0.3, 0.4) is 0 Å². The number of hydrogen-bond donors (Lipinski definition) is 1. The molecule has 0 spiro atoms. The molecule has 0 atom stereocenters. The molecule has 2 heterocycles. The van der Waals surface area contributed by atoms with E-state index in [1.807, 2.05) is 36.4 Å². The van der Waals surface area contributed by atoms with E-state index < -0.39 is 0 Å². The van der Waals surface area contributed by atoms with E-state index in [9.17, 15) is 9.90 Å². The molecule has 0 amide bonds. The summed E-state index contributed by atoms with van der Waals surface area (Å²) < 4.78 is 2.26. The molecule has 0 unspecified atom stereocenters. The van der Waals surface area contributed by atoms with Crippen molar-refractivity contribution in [1.82, 2.24) is 0 Å². The van der Waals surface area contributed by atoms with Gasteiger partial charge in [0, 0.05) is 47.5 Å². The number of nitrogens with zero attached hydrogens (tertiary/aromatic N) is 2. The van der Waals surface area contributed by atoms with Crippen LogP contribution in [0.4, 0.5) is 11.4 Å². The number of benzene rings is 2. The molecule has 5 rings (SSSR count). The Labute approximate surface area is 242 Å². The summed E-state index contributed by atoms with van der Waals surface area (Å²) in [5.74, 6) is -0.0470. The van der Waals surface area contributed by atoms with Crippen molar-refractivity contribution in [1.29, 1.82) is 0 Å². The van der Waals surface area contributed by atoms with Crippen LogP contribution < -0.4 is 21.9 Å². The molecule has 2 aliphatic heterocycles. The molecule has 1 N–H and O–H groups in total. The zero-order chi connectivity index (χ0) is 27.2. The summed E-state index contributed by atoms with van der Waals surface area (Å²) in [6.07, 6.45) is 9.25. The van der Waals surface area contributed by atoms with Crippen molar-refractivity contribution < 1.29 is 31.5 Å². The van der Waals surface area contributed by atoms with Crippen LogP contribution in [0.2, 0.25) is 0 Å². The third kappa shape index (κ3) is 4.47. The van der Waals surface area contributed by atoms with Crippen LogP contribution in [-0.4, -0.2) is 34.3 Å². The van der Waals surface area contributed by atoms with Crippen molar-refractivity contribution in [2.45, 2.75) is 51.4 Å². The molecule has 0 aromatic heterocycles. The molecule has 2 aromatic rings. The van der Waals surface area contributed by atoms with Gasteiger partial charge in [0.2, 0.25) is 11.5 Å². The van der Waals surface area contributed by atoms with Gasteiger partial charge >= 0.3 is 0 Å². The number of carbonyl (C=O) groups is 1. The second-order valence-electron chi connectivity index (χ2n) is 11.3. The summed E-state index contributed by atoms with van der Waals surface area (Å²) in [4.78, 5) is 15.8. The Balaban J connectivity index is 0.00000353. The van der Waals surface area contributed by atoms with Crippen molar-refractivity contribution in [3.05, 3.63) is 120 Å². The third-order valence-electron chi connectivity index (χ3n) is 8.27. The zero-order valence-corrected chi connectivity index (χ0v) is 24.9. The third-order valence-corrected chi connectivity index (χ3v) is 8.27. The SMILES string of the molecule is C=CCCN1/C(=C/C2=C(O)C(=C/C3=[N+](CCC=C)c4ccccc4C3(C)C)/C2=O)C(C)(C)c2ccccc21.[Br-]. The number of anilines is 1. The topological polar surface area (TPSA) is 43.5 Å². The molecular formula is C34H37BrN2O2. The second kappa shape index (κ2) is 10.6. The normalized spacial score (nSPS) is 20.6. The Morgan fingerprint density at radius 3 is 2.21 bits per heavy atom. The minimum absolute atomic E-state index is 0. The van der Waals surface area contributed by atoms with Crippen molar-refractivity contribution in [3.63, 3.8) is 0 Å². The van der Waals surface area contributed by atoms with Gasteiger partial charge in [-0.05, 0) is 38.0 Å². The van der Waals surface area contributed by atoms with E-state index in [0.29, 0.717) is 11.1 Å². The number of allylic oxidation sites excluding steroid dienone is 5. The lowest BCUT2D eigenvalue weighted by Crippen LogP contribution is -3.00. The van der Waals surface area contributed by atoms with E-state index in [0.717, 1.165) is 48.7 Å². The number of carbonyl (C=O) groups excluding carboxylic acids is 1. The predicted octanol–water partition coefficient (Wildman–Crippen LogP) is 4.22. The summed E-state index contributed by atoms with van der Waals surface area (Å²) in [5, 5.41) is 11.2. The largest absolute Gasteiger partial charge is 1.00 e. The van der Waals surface area contributed by atoms with E-state index in [1.165, 1.54) is 11.1 Å². The van der Waals surface area contributed by atoms with Crippen LogP contribution in [-0.2, 0) is 15.6 Å². The molecule has 39 heavy (non-hydrogen) atoms. The molecule has 0 saturated heterocycles. The van der Waals surface area contributed by atoms with Gasteiger partial charge in [-0.3, -0.25) is 4.79 Å². The van der Waals surface area contributed by atoms with Crippen molar-refractivity contribution >= 4 is 22.9 Å². The first kappa shape index (κ1) is 28.6. The monoisotopic (exact) mass is 584 g/mol. The first-order valence-corrected chi connectivity index (χ1v) is 13.4. The highest BCUT2D eigenvalue weighted by molar-refractivity contribution is 6.24. The fourth-order valence-corrected chi connectivity index (χ4v) is 6.11. The quantitative estimate of drug-likeness (QED) is 0.287. The minimum Gasteiger partial charge on any atom is -1.00 e. The first-order chi connectivity index (χ1) is 18.1. The van der Waals surface area contributed by atoms with Gasteiger partial charge in [-0.15, -0.1) is 13.2 Å². The fraction of sp³-hybridized carbons (Fsp3) is 0.294. The highest BCUT2D eigenvalue weighted by Crippen LogP contribution is 2.49. The number of hydrogen-bond acceptors (Lipinski definition) is 3. The minimum atomic E-state index is -0.296. The van der Waals surface area contributed by atoms with Crippen LogP contribution in [0.5, 0.6) is 0 Å². The predicted molar refractivity (Wildman–Crippen MR) is 157 cm³/mol. The lowest BCUT2D eigenvalue weighted by atomic mass is 9.77. The van der Waals surface area contributed by atoms with Crippen LogP contribution in [0.15, 0.2) is 109 Å². The van der Waals surface area contributed by atoms with Gasteiger partial charge in [0.05, 0.1) is 16.6 Å². The van der Waals surface area contributed by atoms with Gasteiger partial charge in [-0.2, -0.15) is 4.58 Å². The second-order valence-corrected chi connectivity index (χ2v) is 11.3. The Bertz CT molecular complexity index is 1490. The molecule has 4 nitrogen and oxygen atoms in total. The molecule has 1 aliphatic carbocycles. The molecular weight excluding hydrogens is 548 g/mol. The van der Waals surface area contributed by atoms with Gasteiger partial charge in [-0.25, -0.2) is 0 Å². The summed E-state index contributed by atoms with van der Waals surface area (Å²) in [6.45, 7) is 18.0. The van der Waals surface area contributed by atoms with Gasteiger partial charge in [-0.1, -0.05) is 62.4 Å².